The van der Waals surface area contributed by atoms with Crippen molar-refractivity contribution in [2.45, 2.75) is 33.1 Å². The van der Waals surface area contributed by atoms with E-state index in [1.54, 1.807) is 0 Å². The topological polar surface area (TPSA) is 40.5 Å². The molecular formula is C17H28N4. The van der Waals surface area contributed by atoms with Crippen molar-refractivity contribution < 1.29 is 0 Å². The molecule has 1 heterocycles. The lowest BCUT2D eigenvalue weighted by atomic mass is 10.1. The molecule has 1 N–H and O–H groups in total. The standard InChI is InChI=1S/C17H28N4/c1-5-7-8-13-21(4)17(19-6-2)20-12-10-16-9-11-18-14-15(16)3/h5,9,11,14H,1,6-8,10,12-13H2,2-4H3,(H,19,20). The third-order valence-electron chi connectivity index (χ3n) is 3.38. The van der Waals surface area contributed by atoms with Crippen LogP contribution in [0, 0.1) is 6.92 Å². The van der Waals surface area contributed by atoms with Crippen molar-refractivity contribution in [2.75, 3.05) is 26.7 Å². The van der Waals surface area contributed by atoms with Crippen LogP contribution in [-0.4, -0.2) is 42.5 Å². The van der Waals surface area contributed by atoms with E-state index in [0.29, 0.717) is 0 Å². The predicted octanol–water partition coefficient (Wildman–Crippen LogP) is 2.80. The van der Waals surface area contributed by atoms with Crippen LogP contribution < -0.4 is 5.32 Å². The van der Waals surface area contributed by atoms with E-state index in [4.69, 9.17) is 4.99 Å². The van der Waals surface area contributed by atoms with E-state index in [9.17, 15) is 0 Å². The molecular weight excluding hydrogens is 260 g/mol. The number of nitrogens with one attached hydrogen (secondary N) is 1. The van der Waals surface area contributed by atoms with Gasteiger partial charge in [-0.3, -0.25) is 9.98 Å². The average Bonchev–Trinajstić information content (AvgIpc) is 2.48. The Morgan fingerprint density at radius 3 is 3.00 bits per heavy atom. The maximum Gasteiger partial charge on any atom is 0.193 e. The molecule has 1 rings (SSSR count). The van der Waals surface area contributed by atoms with Gasteiger partial charge in [0.1, 0.15) is 0 Å². The normalized spacial score (nSPS) is 11.3. The number of pyridine rings is 1. The average molecular weight is 288 g/mol. The van der Waals surface area contributed by atoms with E-state index in [2.05, 4.69) is 48.7 Å². The molecule has 0 aliphatic carbocycles. The largest absolute Gasteiger partial charge is 0.357 e. The molecule has 1 aromatic heterocycles. The Hall–Kier alpha value is -1.84. The number of allylic oxidation sites excluding steroid dienone is 1. The van der Waals surface area contributed by atoms with Crippen LogP contribution in [-0.2, 0) is 6.42 Å². The summed E-state index contributed by atoms with van der Waals surface area (Å²) >= 11 is 0. The first-order valence-electron chi connectivity index (χ1n) is 7.68. The number of hydrogen-bond acceptors (Lipinski definition) is 2. The first-order valence-corrected chi connectivity index (χ1v) is 7.68. The third-order valence-corrected chi connectivity index (χ3v) is 3.38. The molecule has 0 spiro atoms. The van der Waals surface area contributed by atoms with Crippen molar-refractivity contribution in [3.63, 3.8) is 0 Å². The monoisotopic (exact) mass is 288 g/mol. The van der Waals surface area contributed by atoms with Gasteiger partial charge in [0.2, 0.25) is 0 Å². The minimum atomic E-state index is 0.791. The fourth-order valence-electron chi connectivity index (χ4n) is 2.11. The maximum absolute atomic E-state index is 4.71. The molecule has 0 aliphatic rings. The number of hydrogen-bond donors (Lipinski definition) is 1. The van der Waals surface area contributed by atoms with Gasteiger partial charge < -0.3 is 10.2 Å². The molecule has 0 saturated heterocycles. The van der Waals surface area contributed by atoms with Crippen molar-refractivity contribution in [3.05, 3.63) is 42.2 Å². The highest BCUT2D eigenvalue weighted by atomic mass is 15.3. The van der Waals surface area contributed by atoms with Crippen LogP contribution in [0.1, 0.15) is 30.9 Å². The van der Waals surface area contributed by atoms with Gasteiger partial charge in [0.25, 0.3) is 0 Å². The Morgan fingerprint density at radius 2 is 2.33 bits per heavy atom. The third kappa shape index (κ3) is 6.43. The summed E-state index contributed by atoms with van der Waals surface area (Å²) < 4.78 is 0. The second-order valence-electron chi connectivity index (χ2n) is 5.14. The summed E-state index contributed by atoms with van der Waals surface area (Å²) in [7, 11) is 2.09. The van der Waals surface area contributed by atoms with E-state index in [-0.39, 0.29) is 0 Å². The fourth-order valence-corrected chi connectivity index (χ4v) is 2.11. The van der Waals surface area contributed by atoms with Crippen molar-refractivity contribution in [1.29, 1.82) is 0 Å². The first-order chi connectivity index (χ1) is 10.2. The Balaban J connectivity index is 2.54. The number of unbranched alkanes of at least 4 members (excludes halogenated alkanes) is 1. The van der Waals surface area contributed by atoms with E-state index < -0.39 is 0 Å². The summed E-state index contributed by atoms with van der Waals surface area (Å²) in [5.74, 6) is 0.980. The van der Waals surface area contributed by atoms with Gasteiger partial charge in [-0.15, -0.1) is 6.58 Å². The van der Waals surface area contributed by atoms with Crippen LogP contribution in [0.15, 0.2) is 36.1 Å². The van der Waals surface area contributed by atoms with Crippen LogP contribution in [0.3, 0.4) is 0 Å². The van der Waals surface area contributed by atoms with Crippen molar-refractivity contribution in [2.24, 2.45) is 4.99 Å². The molecule has 0 atom stereocenters. The highest BCUT2D eigenvalue weighted by Gasteiger charge is 2.04. The van der Waals surface area contributed by atoms with Crippen molar-refractivity contribution >= 4 is 5.96 Å². The highest BCUT2D eigenvalue weighted by molar-refractivity contribution is 5.79. The summed E-state index contributed by atoms with van der Waals surface area (Å²) in [5, 5.41) is 3.35. The van der Waals surface area contributed by atoms with E-state index in [0.717, 1.165) is 44.9 Å². The van der Waals surface area contributed by atoms with Crippen molar-refractivity contribution in [3.8, 4) is 0 Å². The summed E-state index contributed by atoms with van der Waals surface area (Å²) in [6, 6.07) is 2.07. The van der Waals surface area contributed by atoms with Gasteiger partial charge in [-0.05, 0) is 50.3 Å². The number of aromatic nitrogens is 1. The zero-order valence-electron chi connectivity index (χ0n) is 13.6. The second kappa shape index (κ2) is 9.97. The maximum atomic E-state index is 4.71. The van der Waals surface area contributed by atoms with Gasteiger partial charge in [-0.2, -0.15) is 0 Å². The molecule has 0 radical (unpaired) electrons. The van der Waals surface area contributed by atoms with Crippen molar-refractivity contribution in [1.82, 2.24) is 15.2 Å². The van der Waals surface area contributed by atoms with Crippen LogP contribution in [0.2, 0.25) is 0 Å². The molecule has 0 saturated carbocycles. The quantitative estimate of drug-likeness (QED) is 0.346. The molecule has 4 heteroatoms. The van der Waals surface area contributed by atoms with Crippen LogP contribution in [0.5, 0.6) is 0 Å². The lowest BCUT2D eigenvalue weighted by Gasteiger charge is -2.21. The minimum Gasteiger partial charge on any atom is -0.357 e. The zero-order chi connectivity index (χ0) is 15.5. The van der Waals surface area contributed by atoms with Gasteiger partial charge in [0.05, 0.1) is 0 Å². The predicted molar refractivity (Wildman–Crippen MR) is 90.7 cm³/mol. The number of guanidine groups is 1. The molecule has 116 valence electrons. The van der Waals surface area contributed by atoms with E-state index in [1.165, 1.54) is 11.1 Å². The Bertz CT molecular complexity index is 454. The number of aliphatic imine (C=N–C) groups is 1. The van der Waals surface area contributed by atoms with Gasteiger partial charge in [0.15, 0.2) is 5.96 Å². The van der Waals surface area contributed by atoms with Gasteiger partial charge in [-0.1, -0.05) is 6.08 Å². The Labute approximate surface area is 129 Å². The van der Waals surface area contributed by atoms with Crippen LogP contribution in [0.25, 0.3) is 0 Å². The number of rotatable bonds is 8. The lowest BCUT2D eigenvalue weighted by Crippen LogP contribution is -2.39. The Morgan fingerprint density at radius 1 is 1.52 bits per heavy atom. The summed E-state index contributed by atoms with van der Waals surface area (Å²) in [6.07, 6.45) is 8.81. The highest BCUT2D eigenvalue weighted by Crippen LogP contribution is 2.06. The number of nitrogens with zero attached hydrogens (tertiary/aromatic N) is 3. The van der Waals surface area contributed by atoms with E-state index in [1.807, 2.05) is 18.5 Å². The smallest absolute Gasteiger partial charge is 0.193 e. The summed E-state index contributed by atoms with van der Waals surface area (Å²) in [5.41, 5.74) is 2.55. The van der Waals surface area contributed by atoms with Crippen LogP contribution >= 0.6 is 0 Å². The molecule has 0 fully saturated rings. The fraction of sp³-hybridized carbons (Fsp3) is 0.529. The molecule has 0 aliphatic heterocycles. The molecule has 0 unspecified atom stereocenters. The first kappa shape index (κ1) is 17.2. The molecule has 0 amide bonds. The summed E-state index contributed by atoms with van der Waals surface area (Å²) in [4.78, 5) is 11.0. The van der Waals surface area contributed by atoms with Gasteiger partial charge >= 0.3 is 0 Å². The summed E-state index contributed by atoms with van der Waals surface area (Å²) in [6.45, 7) is 10.6. The SMILES string of the molecule is C=CCCCN(C)C(=NCCc1ccncc1C)NCC. The second-order valence-corrected chi connectivity index (χ2v) is 5.14. The lowest BCUT2D eigenvalue weighted by molar-refractivity contribution is 0.470. The van der Waals surface area contributed by atoms with Crippen LogP contribution in [0.4, 0.5) is 0 Å². The Kier molecular flexibility index (Phi) is 8.17. The molecule has 1 aromatic rings. The minimum absolute atomic E-state index is 0.791. The molecule has 4 nitrogen and oxygen atoms in total. The van der Waals surface area contributed by atoms with E-state index >= 15 is 0 Å². The van der Waals surface area contributed by atoms with Gasteiger partial charge in [-0.25, -0.2) is 0 Å². The molecule has 21 heavy (non-hydrogen) atoms. The van der Waals surface area contributed by atoms with Gasteiger partial charge in [0, 0.05) is 39.1 Å². The molecule has 0 bridgehead atoms. The number of aryl methyl sites for hydroxylation is 1. The zero-order valence-corrected chi connectivity index (χ0v) is 13.6. The molecule has 0 aromatic carbocycles.